The molecule has 4 nitrogen and oxygen atoms in total. The number of nitrogens with two attached hydrogens (primary N) is 2. The summed E-state index contributed by atoms with van der Waals surface area (Å²) >= 11 is 3.53. The summed E-state index contributed by atoms with van der Waals surface area (Å²) in [6.45, 7) is 0.712. The predicted octanol–water partition coefficient (Wildman–Crippen LogP) is 2.77. The fraction of sp³-hybridized carbons (Fsp3) is 0.133. The van der Waals surface area contributed by atoms with Crippen molar-refractivity contribution in [3.05, 3.63) is 58.1 Å². The van der Waals surface area contributed by atoms with Crippen LogP contribution in [0.3, 0.4) is 0 Å². The number of hydrogen-bond donors (Lipinski definition) is 2. The molecule has 4 N–H and O–H groups in total. The van der Waals surface area contributed by atoms with E-state index >= 15 is 0 Å². The fourth-order valence-corrected chi connectivity index (χ4v) is 2.38. The molecule has 0 aromatic heterocycles. The van der Waals surface area contributed by atoms with Gasteiger partial charge >= 0.3 is 0 Å². The number of carbonyl (C=O) groups excluding carboxylic acids is 1. The lowest BCUT2D eigenvalue weighted by molar-refractivity contribution is 0.100. The Kier molecular flexibility index (Phi) is 4.29. The number of anilines is 2. The van der Waals surface area contributed by atoms with E-state index in [1.54, 1.807) is 12.1 Å². The van der Waals surface area contributed by atoms with Crippen LogP contribution in [-0.4, -0.2) is 13.0 Å². The molecule has 2 aromatic carbocycles. The zero-order chi connectivity index (χ0) is 14.7. The average molecular weight is 334 g/mol. The molecule has 5 heteroatoms. The summed E-state index contributed by atoms with van der Waals surface area (Å²) in [6.07, 6.45) is 0. The van der Waals surface area contributed by atoms with Gasteiger partial charge in [-0.2, -0.15) is 0 Å². The number of benzene rings is 2. The highest BCUT2D eigenvalue weighted by atomic mass is 79.9. The third-order valence-corrected chi connectivity index (χ3v) is 3.88. The SMILES string of the molecule is CN(Cc1ccccc1Br)c1ccc(N)c(C(N)=O)c1. The van der Waals surface area contributed by atoms with E-state index in [9.17, 15) is 4.79 Å². The van der Waals surface area contributed by atoms with Gasteiger partial charge in [0.2, 0.25) is 0 Å². The molecule has 20 heavy (non-hydrogen) atoms. The molecule has 0 atom stereocenters. The highest BCUT2D eigenvalue weighted by molar-refractivity contribution is 9.10. The van der Waals surface area contributed by atoms with Gasteiger partial charge in [-0.15, -0.1) is 0 Å². The first-order chi connectivity index (χ1) is 9.49. The van der Waals surface area contributed by atoms with Gasteiger partial charge in [-0.1, -0.05) is 34.1 Å². The van der Waals surface area contributed by atoms with Crippen molar-refractivity contribution in [2.75, 3.05) is 17.7 Å². The van der Waals surface area contributed by atoms with Crippen molar-refractivity contribution < 1.29 is 4.79 Å². The van der Waals surface area contributed by atoms with Gasteiger partial charge in [0.1, 0.15) is 0 Å². The van der Waals surface area contributed by atoms with Gasteiger partial charge in [-0.05, 0) is 29.8 Å². The van der Waals surface area contributed by atoms with E-state index in [2.05, 4.69) is 15.9 Å². The number of hydrogen-bond acceptors (Lipinski definition) is 3. The van der Waals surface area contributed by atoms with Crippen LogP contribution in [0.15, 0.2) is 46.9 Å². The van der Waals surface area contributed by atoms with Gasteiger partial charge in [0.15, 0.2) is 0 Å². The lowest BCUT2D eigenvalue weighted by atomic mass is 10.1. The monoisotopic (exact) mass is 333 g/mol. The highest BCUT2D eigenvalue weighted by Gasteiger charge is 2.10. The second-order valence-corrected chi connectivity index (χ2v) is 5.44. The maximum Gasteiger partial charge on any atom is 0.250 e. The first-order valence-electron chi connectivity index (χ1n) is 6.13. The Bertz CT molecular complexity index is 643. The molecular formula is C15H16BrN3O. The molecule has 0 aliphatic rings. The number of carbonyl (C=O) groups is 1. The number of nitrogens with zero attached hydrogens (tertiary/aromatic N) is 1. The standard InChI is InChI=1S/C15H16BrN3O/c1-19(9-10-4-2-3-5-13(10)16)11-6-7-14(17)12(8-11)15(18)20/h2-8H,9,17H2,1H3,(H2,18,20). The summed E-state index contributed by atoms with van der Waals surface area (Å²) < 4.78 is 1.05. The first-order valence-corrected chi connectivity index (χ1v) is 6.92. The Balaban J connectivity index is 2.26. The molecule has 0 radical (unpaired) electrons. The molecule has 0 fully saturated rings. The molecule has 104 valence electrons. The zero-order valence-corrected chi connectivity index (χ0v) is 12.7. The zero-order valence-electron chi connectivity index (χ0n) is 11.1. The van der Waals surface area contributed by atoms with Crippen molar-refractivity contribution in [2.24, 2.45) is 5.73 Å². The predicted molar refractivity (Wildman–Crippen MR) is 85.6 cm³/mol. The minimum atomic E-state index is -0.515. The topological polar surface area (TPSA) is 72.3 Å². The fourth-order valence-electron chi connectivity index (χ4n) is 1.97. The molecule has 2 rings (SSSR count). The van der Waals surface area contributed by atoms with E-state index in [4.69, 9.17) is 11.5 Å². The molecule has 0 bridgehead atoms. The Morgan fingerprint density at radius 1 is 1.25 bits per heavy atom. The lowest BCUT2D eigenvalue weighted by Crippen LogP contribution is -2.19. The molecule has 0 saturated heterocycles. The molecule has 0 spiro atoms. The molecule has 0 aliphatic carbocycles. The van der Waals surface area contributed by atoms with Crippen LogP contribution in [0.1, 0.15) is 15.9 Å². The van der Waals surface area contributed by atoms with E-state index in [1.165, 1.54) is 0 Å². The second kappa shape index (κ2) is 5.96. The summed E-state index contributed by atoms with van der Waals surface area (Å²) in [5, 5.41) is 0. The van der Waals surface area contributed by atoms with Crippen molar-refractivity contribution in [2.45, 2.75) is 6.54 Å². The number of rotatable bonds is 4. The smallest absolute Gasteiger partial charge is 0.250 e. The quantitative estimate of drug-likeness (QED) is 0.845. The Morgan fingerprint density at radius 3 is 2.60 bits per heavy atom. The van der Waals surface area contributed by atoms with E-state index < -0.39 is 5.91 Å². The first kappa shape index (κ1) is 14.4. The normalized spacial score (nSPS) is 10.3. The second-order valence-electron chi connectivity index (χ2n) is 4.58. The van der Waals surface area contributed by atoms with Crippen molar-refractivity contribution in [3.63, 3.8) is 0 Å². The van der Waals surface area contributed by atoms with Crippen molar-refractivity contribution >= 4 is 33.2 Å². The maximum atomic E-state index is 11.3. The summed E-state index contributed by atoms with van der Waals surface area (Å²) in [5.41, 5.74) is 13.9. The third-order valence-electron chi connectivity index (χ3n) is 3.11. The van der Waals surface area contributed by atoms with Crippen LogP contribution in [-0.2, 0) is 6.54 Å². The van der Waals surface area contributed by atoms with Crippen molar-refractivity contribution in [1.29, 1.82) is 0 Å². The van der Waals surface area contributed by atoms with Crippen LogP contribution in [0.4, 0.5) is 11.4 Å². The Hall–Kier alpha value is -2.01. The average Bonchev–Trinajstić information content (AvgIpc) is 2.41. The van der Waals surface area contributed by atoms with Crippen LogP contribution in [0, 0.1) is 0 Å². The van der Waals surface area contributed by atoms with Gasteiger partial charge in [-0.25, -0.2) is 0 Å². The number of amides is 1. The summed E-state index contributed by atoms with van der Waals surface area (Å²) in [5.74, 6) is -0.515. The molecule has 0 saturated carbocycles. The van der Waals surface area contributed by atoms with E-state index in [-0.39, 0.29) is 0 Å². The van der Waals surface area contributed by atoms with Gasteiger partial charge in [0, 0.05) is 29.4 Å². The van der Waals surface area contributed by atoms with Crippen molar-refractivity contribution in [3.8, 4) is 0 Å². The molecule has 0 aliphatic heterocycles. The number of nitrogen functional groups attached to an aromatic ring is 1. The van der Waals surface area contributed by atoms with Crippen LogP contribution < -0.4 is 16.4 Å². The van der Waals surface area contributed by atoms with Gasteiger partial charge in [0.25, 0.3) is 5.91 Å². The summed E-state index contributed by atoms with van der Waals surface area (Å²) in [6, 6.07) is 13.3. The minimum Gasteiger partial charge on any atom is -0.398 e. The van der Waals surface area contributed by atoms with E-state index in [0.717, 1.165) is 15.7 Å². The van der Waals surface area contributed by atoms with E-state index in [1.807, 2.05) is 42.3 Å². The number of halogens is 1. The molecular weight excluding hydrogens is 318 g/mol. The largest absolute Gasteiger partial charge is 0.398 e. The Labute approximate surface area is 126 Å². The summed E-state index contributed by atoms with van der Waals surface area (Å²) in [4.78, 5) is 13.4. The van der Waals surface area contributed by atoms with Crippen LogP contribution >= 0.6 is 15.9 Å². The lowest BCUT2D eigenvalue weighted by Gasteiger charge is -2.21. The van der Waals surface area contributed by atoms with Crippen molar-refractivity contribution in [1.82, 2.24) is 0 Å². The van der Waals surface area contributed by atoms with E-state index in [0.29, 0.717) is 17.8 Å². The minimum absolute atomic E-state index is 0.349. The summed E-state index contributed by atoms with van der Waals surface area (Å²) in [7, 11) is 1.95. The highest BCUT2D eigenvalue weighted by Crippen LogP contribution is 2.24. The van der Waals surface area contributed by atoms with Crippen LogP contribution in [0.5, 0.6) is 0 Å². The molecule has 2 aromatic rings. The van der Waals surface area contributed by atoms with Gasteiger partial charge in [0.05, 0.1) is 5.56 Å². The molecule has 0 heterocycles. The third kappa shape index (κ3) is 3.11. The van der Waals surface area contributed by atoms with Crippen LogP contribution in [0.2, 0.25) is 0 Å². The van der Waals surface area contributed by atoms with Gasteiger partial charge < -0.3 is 16.4 Å². The number of primary amides is 1. The maximum absolute atomic E-state index is 11.3. The van der Waals surface area contributed by atoms with Gasteiger partial charge in [-0.3, -0.25) is 4.79 Å². The Morgan fingerprint density at radius 2 is 1.95 bits per heavy atom. The van der Waals surface area contributed by atoms with Crippen LogP contribution in [0.25, 0.3) is 0 Å². The molecule has 1 amide bonds. The molecule has 0 unspecified atom stereocenters.